The van der Waals surface area contributed by atoms with E-state index in [1.54, 1.807) is 18.2 Å². The summed E-state index contributed by atoms with van der Waals surface area (Å²) >= 11 is 0. The van der Waals surface area contributed by atoms with E-state index in [2.05, 4.69) is 4.90 Å². The van der Waals surface area contributed by atoms with Crippen molar-refractivity contribution in [1.29, 1.82) is 0 Å². The van der Waals surface area contributed by atoms with Gasteiger partial charge in [-0.15, -0.1) is 0 Å². The van der Waals surface area contributed by atoms with Gasteiger partial charge in [0.1, 0.15) is 5.82 Å². The number of likely N-dealkylation sites (tertiary alicyclic amines) is 1. The fourth-order valence-electron chi connectivity index (χ4n) is 4.85. The van der Waals surface area contributed by atoms with Crippen LogP contribution in [0.4, 0.5) is 4.39 Å². The molecule has 2 aliphatic heterocycles. The molecule has 2 heterocycles. The Balaban J connectivity index is 1.51. The first-order chi connectivity index (χ1) is 11.7. The average molecular weight is 332 g/mol. The molecule has 0 N–H and O–H groups in total. The van der Waals surface area contributed by atoms with E-state index in [1.165, 1.54) is 25.3 Å². The molecule has 4 rings (SSSR count). The van der Waals surface area contributed by atoms with Crippen LogP contribution < -0.4 is 0 Å². The molecule has 0 aromatic heterocycles. The van der Waals surface area contributed by atoms with Gasteiger partial charge in [0.25, 0.3) is 5.91 Å². The summed E-state index contributed by atoms with van der Waals surface area (Å²) in [5.74, 6) is 0.450. The lowest BCUT2D eigenvalue weighted by Crippen LogP contribution is -2.61. The molecular weight excluding hydrogens is 307 g/mol. The lowest BCUT2D eigenvalue weighted by molar-refractivity contribution is -0.0556. The lowest BCUT2D eigenvalue weighted by atomic mass is 9.72. The number of carbonyl (C=O) groups is 1. The molecule has 3 aliphatic rings. The Kier molecular flexibility index (Phi) is 4.55. The molecule has 1 amide bonds. The van der Waals surface area contributed by atoms with Gasteiger partial charge in [-0.2, -0.15) is 0 Å². The van der Waals surface area contributed by atoms with Crippen LogP contribution in [-0.2, 0) is 4.74 Å². The van der Waals surface area contributed by atoms with Crippen LogP contribution in [0.15, 0.2) is 24.3 Å². The minimum absolute atomic E-state index is 0.148. The van der Waals surface area contributed by atoms with Crippen LogP contribution in [0.3, 0.4) is 0 Å². The second-order valence-electron chi connectivity index (χ2n) is 7.28. The number of amides is 1. The van der Waals surface area contributed by atoms with Gasteiger partial charge in [0.15, 0.2) is 0 Å². The van der Waals surface area contributed by atoms with Gasteiger partial charge < -0.3 is 9.64 Å². The Morgan fingerprint density at radius 2 is 1.75 bits per heavy atom. The van der Waals surface area contributed by atoms with Gasteiger partial charge in [0, 0.05) is 32.2 Å². The molecule has 2 unspecified atom stereocenters. The number of carbonyl (C=O) groups excluding carboxylic acids is 1. The quantitative estimate of drug-likeness (QED) is 0.834. The first-order valence-electron chi connectivity index (χ1n) is 9.09. The molecule has 0 radical (unpaired) electrons. The zero-order valence-electron chi connectivity index (χ0n) is 14.0. The van der Waals surface area contributed by atoms with E-state index in [9.17, 15) is 9.18 Å². The molecule has 5 heteroatoms. The number of hydrogen-bond donors (Lipinski definition) is 0. The Hall–Kier alpha value is -1.46. The maximum Gasteiger partial charge on any atom is 0.256 e. The van der Waals surface area contributed by atoms with Gasteiger partial charge >= 0.3 is 0 Å². The summed E-state index contributed by atoms with van der Waals surface area (Å²) in [7, 11) is 0. The van der Waals surface area contributed by atoms with Crippen molar-refractivity contribution in [3.63, 3.8) is 0 Å². The molecule has 24 heavy (non-hydrogen) atoms. The molecule has 1 aromatic carbocycles. The van der Waals surface area contributed by atoms with Crippen molar-refractivity contribution in [2.75, 3.05) is 39.4 Å². The Bertz CT molecular complexity index is 589. The van der Waals surface area contributed by atoms with E-state index in [-0.39, 0.29) is 11.5 Å². The number of halogens is 1. The molecule has 2 bridgehead atoms. The van der Waals surface area contributed by atoms with E-state index in [4.69, 9.17) is 4.74 Å². The Labute approximate surface area is 142 Å². The van der Waals surface area contributed by atoms with Crippen LogP contribution in [0, 0.1) is 17.7 Å². The summed E-state index contributed by atoms with van der Waals surface area (Å²) < 4.78 is 19.5. The normalized spacial score (nSPS) is 31.0. The van der Waals surface area contributed by atoms with Gasteiger partial charge in [0.2, 0.25) is 0 Å². The summed E-state index contributed by atoms with van der Waals surface area (Å²) in [4.78, 5) is 17.3. The first kappa shape index (κ1) is 16.0. The van der Waals surface area contributed by atoms with Gasteiger partial charge in [-0.1, -0.05) is 18.6 Å². The summed E-state index contributed by atoms with van der Waals surface area (Å²) in [5, 5.41) is 0. The van der Waals surface area contributed by atoms with Crippen LogP contribution in [0.5, 0.6) is 0 Å². The van der Waals surface area contributed by atoms with Crippen molar-refractivity contribution in [2.24, 2.45) is 11.8 Å². The number of morpholine rings is 1. The molecule has 0 spiro atoms. The number of rotatable bonds is 2. The van der Waals surface area contributed by atoms with Crippen molar-refractivity contribution in [3.8, 4) is 0 Å². The molecule has 1 saturated carbocycles. The van der Waals surface area contributed by atoms with Crippen molar-refractivity contribution in [1.82, 2.24) is 9.80 Å². The monoisotopic (exact) mass is 332 g/mol. The maximum atomic E-state index is 14.0. The topological polar surface area (TPSA) is 32.8 Å². The summed E-state index contributed by atoms with van der Waals surface area (Å²) in [6, 6.07) is 6.89. The van der Waals surface area contributed by atoms with E-state index >= 15 is 0 Å². The summed E-state index contributed by atoms with van der Waals surface area (Å²) in [6.07, 6.45) is 3.58. The van der Waals surface area contributed by atoms with Crippen molar-refractivity contribution in [3.05, 3.63) is 35.6 Å². The Morgan fingerprint density at radius 1 is 1.08 bits per heavy atom. The SMILES string of the molecule is O=C(c1ccccc1F)N1CC2CCCC(C1)C2N1CCOCC1. The standard InChI is InChI=1S/C19H25FN2O2/c20-17-7-2-1-6-16(17)19(23)22-12-14-4-3-5-15(13-22)18(14)21-8-10-24-11-9-21/h1-2,6-7,14-15,18H,3-5,8-13H2. The first-order valence-corrected chi connectivity index (χ1v) is 9.09. The summed E-state index contributed by atoms with van der Waals surface area (Å²) in [6.45, 7) is 5.14. The van der Waals surface area contributed by atoms with Gasteiger partial charge in [-0.25, -0.2) is 4.39 Å². The molecule has 130 valence electrons. The smallest absolute Gasteiger partial charge is 0.256 e. The van der Waals surface area contributed by atoms with Gasteiger partial charge in [0.05, 0.1) is 18.8 Å². The number of benzene rings is 1. The van der Waals surface area contributed by atoms with E-state index in [1.807, 2.05) is 4.90 Å². The lowest BCUT2D eigenvalue weighted by Gasteiger charge is -2.52. The zero-order valence-corrected chi connectivity index (χ0v) is 14.0. The van der Waals surface area contributed by atoms with Crippen LogP contribution >= 0.6 is 0 Å². The highest BCUT2D eigenvalue weighted by Crippen LogP contribution is 2.38. The van der Waals surface area contributed by atoms with Crippen LogP contribution in [0.2, 0.25) is 0 Å². The fraction of sp³-hybridized carbons (Fsp3) is 0.632. The predicted molar refractivity (Wildman–Crippen MR) is 89.3 cm³/mol. The largest absolute Gasteiger partial charge is 0.379 e. The molecule has 1 aliphatic carbocycles. The molecule has 1 aromatic rings. The zero-order chi connectivity index (χ0) is 16.5. The highest BCUT2D eigenvalue weighted by Gasteiger charge is 2.44. The van der Waals surface area contributed by atoms with E-state index in [0.29, 0.717) is 17.9 Å². The van der Waals surface area contributed by atoms with Gasteiger partial charge in [-0.3, -0.25) is 9.69 Å². The second-order valence-corrected chi connectivity index (χ2v) is 7.28. The van der Waals surface area contributed by atoms with Gasteiger partial charge in [-0.05, 0) is 36.8 Å². The third kappa shape index (κ3) is 2.95. The number of ether oxygens (including phenoxy) is 1. The number of fused-ring (bicyclic) bond motifs is 2. The van der Waals surface area contributed by atoms with Crippen molar-refractivity contribution >= 4 is 5.91 Å². The minimum Gasteiger partial charge on any atom is -0.379 e. The van der Waals surface area contributed by atoms with Crippen molar-refractivity contribution < 1.29 is 13.9 Å². The number of hydrogen-bond acceptors (Lipinski definition) is 3. The fourth-order valence-corrected chi connectivity index (χ4v) is 4.85. The second kappa shape index (κ2) is 6.81. The van der Waals surface area contributed by atoms with E-state index < -0.39 is 5.82 Å². The van der Waals surface area contributed by atoms with Crippen LogP contribution in [0.1, 0.15) is 29.6 Å². The number of nitrogens with zero attached hydrogens (tertiary/aromatic N) is 2. The minimum atomic E-state index is -0.414. The van der Waals surface area contributed by atoms with Crippen LogP contribution in [-0.4, -0.2) is 61.1 Å². The molecule has 2 saturated heterocycles. The maximum absolute atomic E-state index is 14.0. The third-order valence-electron chi connectivity index (χ3n) is 5.88. The molecular formula is C19H25FN2O2. The average Bonchev–Trinajstić information content (AvgIpc) is 2.61. The predicted octanol–water partition coefficient (Wildman–Crippen LogP) is 2.40. The van der Waals surface area contributed by atoms with E-state index in [0.717, 1.165) is 39.4 Å². The summed E-state index contributed by atoms with van der Waals surface area (Å²) in [5.41, 5.74) is 0.209. The molecule has 2 atom stereocenters. The van der Waals surface area contributed by atoms with Crippen LogP contribution in [0.25, 0.3) is 0 Å². The highest BCUT2D eigenvalue weighted by molar-refractivity contribution is 5.94. The molecule has 3 fully saturated rings. The third-order valence-corrected chi connectivity index (χ3v) is 5.88. The van der Waals surface area contributed by atoms with Crippen molar-refractivity contribution in [2.45, 2.75) is 25.3 Å². The number of piperidine rings is 1. The molecule has 4 nitrogen and oxygen atoms in total. The Morgan fingerprint density at radius 3 is 2.42 bits per heavy atom. The highest BCUT2D eigenvalue weighted by atomic mass is 19.1.